The normalized spacial score (nSPS) is 16.2. The van der Waals surface area contributed by atoms with Crippen LogP contribution in [0.1, 0.15) is 37.7 Å². The van der Waals surface area contributed by atoms with Crippen molar-refractivity contribution in [1.82, 2.24) is 5.32 Å². The third-order valence-electron chi connectivity index (χ3n) is 3.57. The van der Waals surface area contributed by atoms with Crippen LogP contribution in [0.4, 0.5) is 8.78 Å². The first-order chi connectivity index (χ1) is 10.1. The molecule has 0 amide bonds. The van der Waals surface area contributed by atoms with Crippen molar-refractivity contribution in [1.29, 1.82) is 0 Å². The molecule has 1 fully saturated rings. The quantitative estimate of drug-likeness (QED) is 0.430. The molecule has 1 aliphatic rings. The number of hydrogen-bond acceptors (Lipinski definition) is 2. The number of para-hydroxylation sites is 1. The first kappa shape index (κ1) is 18.9. The summed E-state index contributed by atoms with van der Waals surface area (Å²) in [5, 5.41) is 3.19. The molecule has 7 heteroatoms. The number of nitrogens with zero attached hydrogens (tertiary/aromatic N) is 1. The maximum absolute atomic E-state index is 12.3. The molecule has 0 radical (unpaired) electrons. The highest BCUT2D eigenvalue weighted by molar-refractivity contribution is 14.0. The molecule has 4 nitrogen and oxygen atoms in total. The molecule has 0 spiro atoms. The molecule has 1 aromatic rings. The molecule has 1 saturated carbocycles. The highest BCUT2D eigenvalue weighted by Gasteiger charge is 2.13. The van der Waals surface area contributed by atoms with Crippen LogP contribution < -0.4 is 15.8 Å². The van der Waals surface area contributed by atoms with Crippen LogP contribution in [0.3, 0.4) is 0 Å². The van der Waals surface area contributed by atoms with E-state index in [1.165, 1.54) is 25.3 Å². The van der Waals surface area contributed by atoms with Crippen LogP contribution in [0.15, 0.2) is 29.3 Å². The summed E-state index contributed by atoms with van der Waals surface area (Å²) in [5.74, 6) is 0.496. The Kier molecular flexibility index (Phi) is 8.44. The number of nitrogens with one attached hydrogen (secondary N) is 1. The Morgan fingerprint density at radius 2 is 1.95 bits per heavy atom. The van der Waals surface area contributed by atoms with Gasteiger partial charge in [0.05, 0.1) is 6.54 Å². The van der Waals surface area contributed by atoms with Gasteiger partial charge in [0.15, 0.2) is 5.96 Å². The van der Waals surface area contributed by atoms with Crippen molar-refractivity contribution in [2.24, 2.45) is 10.7 Å². The van der Waals surface area contributed by atoms with Crippen LogP contribution in [0.5, 0.6) is 5.75 Å². The van der Waals surface area contributed by atoms with Crippen LogP contribution in [0.25, 0.3) is 0 Å². The van der Waals surface area contributed by atoms with E-state index in [0.717, 1.165) is 12.8 Å². The Hall–Kier alpha value is -1.12. The average molecular weight is 425 g/mol. The zero-order valence-electron chi connectivity index (χ0n) is 12.3. The predicted molar refractivity (Wildman–Crippen MR) is 93.8 cm³/mol. The van der Waals surface area contributed by atoms with Gasteiger partial charge in [-0.2, -0.15) is 8.78 Å². The summed E-state index contributed by atoms with van der Waals surface area (Å²) in [6.07, 6.45) is 5.88. The van der Waals surface area contributed by atoms with Crippen molar-refractivity contribution in [3.8, 4) is 5.75 Å². The number of rotatable bonds is 5. The van der Waals surface area contributed by atoms with Crippen LogP contribution in [0.2, 0.25) is 0 Å². The lowest BCUT2D eigenvalue weighted by molar-refractivity contribution is -0.0504. The summed E-state index contributed by atoms with van der Waals surface area (Å²) in [7, 11) is 0. The highest BCUT2D eigenvalue weighted by Crippen LogP contribution is 2.21. The second-order valence-corrected chi connectivity index (χ2v) is 5.17. The number of hydrogen-bond donors (Lipinski definition) is 2. The molecule has 0 aromatic heterocycles. The fourth-order valence-corrected chi connectivity index (χ4v) is 2.52. The van der Waals surface area contributed by atoms with Crippen LogP contribution >= 0.6 is 24.0 Å². The van der Waals surface area contributed by atoms with Gasteiger partial charge in [-0.1, -0.05) is 37.5 Å². The zero-order valence-corrected chi connectivity index (χ0v) is 14.6. The van der Waals surface area contributed by atoms with Gasteiger partial charge in [0.2, 0.25) is 0 Å². The van der Waals surface area contributed by atoms with Crippen LogP contribution in [0, 0.1) is 0 Å². The van der Waals surface area contributed by atoms with E-state index in [1.807, 2.05) is 0 Å². The topological polar surface area (TPSA) is 59.6 Å². The van der Waals surface area contributed by atoms with Gasteiger partial charge in [-0.05, 0) is 18.9 Å². The smallest absolute Gasteiger partial charge is 0.387 e. The van der Waals surface area contributed by atoms with Gasteiger partial charge in [-0.25, -0.2) is 4.99 Å². The average Bonchev–Trinajstić information content (AvgIpc) is 2.47. The van der Waals surface area contributed by atoms with Gasteiger partial charge in [0, 0.05) is 11.6 Å². The first-order valence-corrected chi connectivity index (χ1v) is 7.24. The molecule has 0 unspecified atom stereocenters. The number of aliphatic imine (C=N–C) groups is 1. The van der Waals surface area contributed by atoms with E-state index in [1.54, 1.807) is 18.2 Å². The molecular weight excluding hydrogens is 403 g/mol. The zero-order chi connectivity index (χ0) is 15.1. The van der Waals surface area contributed by atoms with Gasteiger partial charge in [0.1, 0.15) is 5.75 Å². The number of benzene rings is 1. The Morgan fingerprint density at radius 1 is 1.27 bits per heavy atom. The SMILES string of the molecule is I.NC(=NCc1ccccc1OC(F)F)NC1CCCCC1. The summed E-state index contributed by atoms with van der Waals surface area (Å²) >= 11 is 0. The first-order valence-electron chi connectivity index (χ1n) is 7.24. The Bertz CT molecular complexity index is 480. The minimum atomic E-state index is -2.84. The van der Waals surface area contributed by atoms with Gasteiger partial charge < -0.3 is 15.8 Å². The third kappa shape index (κ3) is 6.33. The minimum Gasteiger partial charge on any atom is -0.434 e. The summed E-state index contributed by atoms with van der Waals surface area (Å²) in [5.41, 5.74) is 6.44. The second kappa shape index (κ2) is 9.81. The molecule has 0 heterocycles. The molecule has 124 valence electrons. The maximum atomic E-state index is 12.3. The van der Waals surface area contributed by atoms with E-state index in [4.69, 9.17) is 5.73 Å². The molecule has 0 atom stereocenters. The fraction of sp³-hybridized carbons (Fsp3) is 0.533. The summed E-state index contributed by atoms with van der Waals surface area (Å²) in [4.78, 5) is 4.21. The van der Waals surface area contributed by atoms with Crippen molar-refractivity contribution in [2.75, 3.05) is 0 Å². The van der Waals surface area contributed by atoms with E-state index in [9.17, 15) is 8.78 Å². The summed E-state index contributed by atoms with van der Waals surface area (Å²) < 4.78 is 29.1. The number of alkyl halides is 2. The third-order valence-corrected chi connectivity index (χ3v) is 3.57. The van der Waals surface area contributed by atoms with Crippen molar-refractivity contribution in [3.05, 3.63) is 29.8 Å². The van der Waals surface area contributed by atoms with Crippen LogP contribution in [-0.4, -0.2) is 18.6 Å². The minimum absolute atomic E-state index is 0. The van der Waals surface area contributed by atoms with E-state index in [-0.39, 0.29) is 36.3 Å². The second-order valence-electron chi connectivity index (χ2n) is 5.17. The van der Waals surface area contributed by atoms with Crippen molar-refractivity contribution >= 4 is 29.9 Å². The van der Waals surface area contributed by atoms with Gasteiger partial charge >= 0.3 is 6.61 Å². The molecule has 3 N–H and O–H groups in total. The van der Waals surface area contributed by atoms with Gasteiger partial charge in [0.25, 0.3) is 0 Å². The largest absolute Gasteiger partial charge is 0.434 e. The monoisotopic (exact) mass is 425 g/mol. The molecule has 0 saturated heterocycles. The Balaban J connectivity index is 0.00000242. The van der Waals surface area contributed by atoms with Gasteiger partial charge in [-0.3, -0.25) is 0 Å². The van der Waals surface area contributed by atoms with Gasteiger partial charge in [-0.15, -0.1) is 24.0 Å². The van der Waals surface area contributed by atoms with Crippen molar-refractivity contribution in [3.63, 3.8) is 0 Å². The number of ether oxygens (including phenoxy) is 1. The van der Waals surface area contributed by atoms with E-state index >= 15 is 0 Å². The molecular formula is C15H22F2IN3O. The molecule has 0 aliphatic heterocycles. The van der Waals surface area contributed by atoms with Crippen molar-refractivity contribution < 1.29 is 13.5 Å². The molecule has 0 bridgehead atoms. The number of halogens is 3. The molecule has 1 aliphatic carbocycles. The number of guanidine groups is 1. The molecule has 2 rings (SSSR count). The Labute approximate surface area is 146 Å². The fourth-order valence-electron chi connectivity index (χ4n) is 2.52. The number of nitrogens with two attached hydrogens (primary N) is 1. The lowest BCUT2D eigenvalue weighted by Crippen LogP contribution is -2.41. The standard InChI is InChI=1S/C15H21F2N3O.HI/c16-14(17)21-13-9-5-4-6-11(13)10-19-15(18)20-12-7-2-1-3-8-12;/h4-6,9,12,14H,1-3,7-8,10H2,(H3,18,19,20);1H. The van der Waals surface area contributed by atoms with E-state index < -0.39 is 6.61 Å². The lowest BCUT2D eigenvalue weighted by Gasteiger charge is -2.23. The maximum Gasteiger partial charge on any atom is 0.387 e. The van der Waals surface area contributed by atoms with E-state index in [0.29, 0.717) is 17.6 Å². The Morgan fingerprint density at radius 3 is 2.64 bits per heavy atom. The van der Waals surface area contributed by atoms with E-state index in [2.05, 4.69) is 15.0 Å². The lowest BCUT2D eigenvalue weighted by atomic mass is 9.96. The predicted octanol–water partition coefficient (Wildman–Crippen LogP) is 3.64. The molecule has 22 heavy (non-hydrogen) atoms. The highest BCUT2D eigenvalue weighted by atomic mass is 127. The summed E-state index contributed by atoms with van der Waals surface area (Å²) in [6, 6.07) is 6.98. The van der Waals surface area contributed by atoms with Crippen LogP contribution in [-0.2, 0) is 6.54 Å². The molecule has 1 aromatic carbocycles. The summed E-state index contributed by atoms with van der Waals surface area (Å²) in [6.45, 7) is -2.62. The van der Waals surface area contributed by atoms with Crippen molar-refractivity contribution in [2.45, 2.75) is 51.3 Å².